The van der Waals surface area contributed by atoms with E-state index in [0.29, 0.717) is 36.8 Å². The second kappa shape index (κ2) is 7.01. The van der Waals surface area contributed by atoms with Crippen molar-refractivity contribution in [1.29, 1.82) is 0 Å². The van der Waals surface area contributed by atoms with Crippen LogP contribution < -0.4 is 10.2 Å². The fourth-order valence-electron chi connectivity index (χ4n) is 5.61. The van der Waals surface area contributed by atoms with Crippen LogP contribution in [-0.2, 0) is 9.59 Å². The van der Waals surface area contributed by atoms with Crippen molar-refractivity contribution in [3.8, 4) is 0 Å². The zero-order valence-corrected chi connectivity index (χ0v) is 16.5. The average molecular weight is 383 g/mol. The van der Waals surface area contributed by atoms with E-state index in [1.807, 2.05) is 0 Å². The SMILES string of the molecule is CC(=O)NC[C@H]1[C@H]2C[C@H](CN(c3cc(C4CC4)ncn3)C2)[C@@H]2CCCC(=O)N21. The Balaban J connectivity index is 1.41. The van der Waals surface area contributed by atoms with E-state index in [2.05, 4.69) is 31.2 Å². The molecule has 0 radical (unpaired) electrons. The third-order valence-electron chi connectivity index (χ3n) is 7.05. The number of anilines is 1. The number of hydrogen-bond donors (Lipinski definition) is 1. The van der Waals surface area contributed by atoms with E-state index in [1.54, 1.807) is 13.3 Å². The lowest BCUT2D eigenvalue weighted by Crippen LogP contribution is -2.67. The zero-order valence-electron chi connectivity index (χ0n) is 16.5. The molecule has 5 rings (SSSR count). The molecule has 1 aromatic heterocycles. The quantitative estimate of drug-likeness (QED) is 0.856. The number of piperidine rings is 3. The summed E-state index contributed by atoms with van der Waals surface area (Å²) in [5.41, 5.74) is 1.17. The second-order valence-corrected chi connectivity index (χ2v) is 9.00. The highest BCUT2D eigenvalue weighted by atomic mass is 16.2. The Morgan fingerprint density at radius 1 is 1.21 bits per heavy atom. The van der Waals surface area contributed by atoms with Gasteiger partial charge >= 0.3 is 0 Å². The van der Waals surface area contributed by atoms with Crippen LogP contribution in [0.5, 0.6) is 0 Å². The Morgan fingerprint density at radius 2 is 2.04 bits per heavy atom. The molecule has 4 fully saturated rings. The fraction of sp³-hybridized carbons (Fsp3) is 0.714. The van der Waals surface area contributed by atoms with Gasteiger partial charge in [0.2, 0.25) is 11.8 Å². The summed E-state index contributed by atoms with van der Waals surface area (Å²) in [5, 5.41) is 2.98. The van der Waals surface area contributed by atoms with E-state index < -0.39 is 0 Å². The summed E-state index contributed by atoms with van der Waals surface area (Å²) < 4.78 is 0. The van der Waals surface area contributed by atoms with Crippen LogP contribution in [-0.4, -0.2) is 58.4 Å². The minimum atomic E-state index is -0.0272. The average Bonchev–Trinajstić information content (AvgIpc) is 3.53. The first-order valence-corrected chi connectivity index (χ1v) is 10.7. The number of aromatic nitrogens is 2. The van der Waals surface area contributed by atoms with Crippen LogP contribution in [0.1, 0.15) is 57.1 Å². The van der Waals surface area contributed by atoms with Gasteiger partial charge in [0.25, 0.3) is 0 Å². The summed E-state index contributed by atoms with van der Waals surface area (Å²) in [6, 6.07) is 2.56. The molecule has 2 amide bonds. The molecule has 1 N–H and O–H groups in total. The zero-order chi connectivity index (χ0) is 19.3. The molecule has 4 atom stereocenters. The van der Waals surface area contributed by atoms with Crippen LogP contribution in [0.2, 0.25) is 0 Å². The van der Waals surface area contributed by atoms with Crippen LogP contribution in [0.3, 0.4) is 0 Å². The highest BCUT2D eigenvalue weighted by molar-refractivity contribution is 5.78. The topological polar surface area (TPSA) is 78.4 Å². The van der Waals surface area contributed by atoms with Gasteiger partial charge in [0.1, 0.15) is 12.1 Å². The molecule has 150 valence electrons. The van der Waals surface area contributed by atoms with Gasteiger partial charge in [-0.3, -0.25) is 9.59 Å². The lowest BCUT2D eigenvalue weighted by atomic mass is 9.72. The van der Waals surface area contributed by atoms with E-state index in [-0.39, 0.29) is 17.9 Å². The van der Waals surface area contributed by atoms with Gasteiger partial charge in [0, 0.05) is 56.7 Å². The fourth-order valence-corrected chi connectivity index (χ4v) is 5.61. The van der Waals surface area contributed by atoms with Crippen LogP contribution in [0.25, 0.3) is 0 Å². The maximum atomic E-state index is 12.8. The van der Waals surface area contributed by atoms with Crippen molar-refractivity contribution in [2.75, 3.05) is 24.5 Å². The third-order valence-corrected chi connectivity index (χ3v) is 7.05. The van der Waals surface area contributed by atoms with Crippen molar-refractivity contribution in [3.05, 3.63) is 18.1 Å². The highest BCUT2D eigenvalue weighted by Crippen LogP contribution is 2.43. The minimum Gasteiger partial charge on any atom is -0.356 e. The second-order valence-electron chi connectivity index (χ2n) is 9.00. The predicted molar refractivity (Wildman–Crippen MR) is 105 cm³/mol. The standard InChI is InChI=1S/C21H29N5O2/c1-13(27)22-9-19-16-7-15(18-3-2-4-21(28)26(18)19)10-25(11-16)20-8-17(14-5-6-14)23-12-24-20/h8,12,14-16,18-19H,2-7,9-11H2,1H3,(H,22,27)/t15-,16+,18+,19+/m1/s1. The number of amides is 2. The largest absolute Gasteiger partial charge is 0.356 e. The minimum absolute atomic E-state index is 0.0272. The monoisotopic (exact) mass is 383 g/mol. The van der Waals surface area contributed by atoms with Crippen molar-refractivity contribution in [2.45, 2.75) is 63.5 Å². The van der Waals surface area contributed by atoms with Gasteiger partial charge in [-0.2, -0.15) is 0 Å². The van der Waals surface area contributed by atoms with Crippen LogP contribution >= 0.6 is 0 Å². The van der Waals surface area contributed by atoms with E-state index in [1.165, 1.54) is 18.5 Å². The molecule has 0 aromatic carbocycles. The summed E-state index contributed by atoms with van der Waals surface area (Å²) >= 11 is 0. The normalized spacial score (nSPS) is 32.1. The van der Waals surface area contributed by atoms with Gasteiger partial charge in [-0.1, -0.05) is 0 Å². The third kappa shape index (κ3) is 3.25. The summed E-state index contributed by atoms with van der Waals surface area (Å²) in [4.78, 5) is 37.9. The van der Waals surface area contributed by atoms with Crippen LogP contribution in [0.15, 0.2) is 12.4 Å². The van der Waals surface area contributed by atoms with Crippen LogP contribution in [0, 0.1) is 11.8 Å². The lowest BCUT2D eigenvalue weighted by molar-refractivity contribution is -0.149. The van der Waals surface area contributed by atoms with Gasteiger partial charge < -0.3 is 15.1 Å². The molecule has 1 aromatic rings. The van der Waals surface area contributed by atoms with Crippen LogP contribution in [0.4, 0.5) is 5.82 Å². The molecule has 2 bridgehead atoms. The number of fused-ring (bicyclic) bond motifs is 4. The first-order valence-electron chi connectivity index (χ1n) is 10.7. The molecule has 0 unspecified atom stereocenters. The van der Waals surface area contributed by atoms with Crippen molar-refractivity contribution >= 4 is 17.6 Å². The van der Waals surface area contributed by atoms with E-state index in [9.17, 15) is 9.59 Å². The summed E-state index contributed by atoms with van der Waals surface area (Å²) in [6.45, 7) is 3.95. The molecule has 7 nitrogen and oxygen atoms in total. The number of carbonyl (C=O) groups excluding carboxylic acids is 2. The van der Waals surface area contributed by atoms with E-state index in [0.717, 1.165) is 38.2 Å². The number of nitrogens with zero attached hydrogens (tertiary/aromatic N) is 4. The van der Waals surface area contributed by atoms with Gasteiger partial charge in [-0.15, -0.1) is 0 Å². The molecule has 0 spiro atoms. The van der Waals surface area contributed by atoms with E-state index in [4.69, 9.17) is 0 Å². The maximum absolute atomic E-state index is 12.8. The summed E-state index contributed by atoms with van der Waals surface area (Å²) in [7, 11) is 0. The first-order chi connectivity index (χ1) is 13.6. The maximum Gasteiger partial charge on any atom is 0.223 e. The van der Waals surface area contributed by atoms with Crippen molar-refractivity contribution in [1.82, 2.24) is 20.2 Å². The predicted octanol–water partition coefficient (Wildman–Crippen LogP) is 1.70. The lowest BCUT2D eigenvalue weighted by Gasteiger charge is -2.56. The Kier molecular flexibility index (Phi) is 4.48. The van der Waals surface area contributed by atoms with E-state index >= 15 is 0 Å². The molecule has 1 aliphatic carbocycles. The van der Waals surface area contributed by atoms with Crippen molar-refractivity contribution in [2.24, 2.45) is 11.8 Å². The number of carbonyl (C=O) groups is 2. The summed E-state index contributed by atoms with van der Waals surface area (Å²) in [6.07, 6.45) is 8.01. The molecule has 4 heterocycles. The van der Waals surface area contributed by atoms with Crippen molar-refractivity contribution < 1.29 is 9.59 Å². The molecule has 7 heteroatoms. The van der Waals surface area contributed by atoms with Gasteiger partial charge in [-0.05, 0) is 43.9 Å². The van der Waals surface area contributed by atoms with Crippen molar-refractivity contribution in [3.63, 3.8) is 0 Å². The summed E-state index contributed by atoms with van der Waals surface area (Å²) in [5.74, 6) is 2.73. The van der Waals surface area contributed by atoms with Gasteiger partial charge in [-0.25, -0.2) is 9.97 Å². The Hall–Kier alpha value is -2.18. The molecule has 28 heavy (non-hydrogen) atoms. The number of hydrogen-bond acceptors (Lipinski definition) is 5. The first kappa shape index (κ1) is 17.9. The highest BCUT2D eigenvalue weighted by Gasteiger charge is 2.49. The molecule has 3 aliphatic heterocycles. The Morgan fingerprint density at radius 3 is 2.82 bits per heavy atom. The smallest absolute Gasteiger partial charge is 0.223 e. The molecular weight excluding hydrogens is 354 g/mol. The molecular formula is C21H29N5O2. The molecule has 1 saturated carbocycles. The Bertz CT molecular complexity index is 780. The number of rotatable bonds is 4. The molecule has 3 saturated heterocycles. The Labute approximate surface area is 165 Å². The number of nitrogens with one attached hydrogen (secondary N) is 1. The van der Waals surface area contributed by atoms with Gasteiger partial charge in [0.15, 0.2) is 0 Å². The van der Waals surface area contributed by atoms with Gasteiger partial charge in [0.05, 0.1) is 6.04 Å². The molecule has 4 aliphatic rings.